The number of rotatable bonds is 5. The van der Waals surface area contributed by atoms with Crippen molar-refractivity contribution >= 4 is 17.7 Å². The molecule has 0 aliphatic rings. The molecule has 0 fully saturated rings. The first-order valence-electron chi connectivity index (χ1n) is 8.39. The first kappa shape index (κ1) is 18.5. The van der Waals surface area contributed by atoms with Crippen LogP contribution in [0.15, 0.2) is 24.5 Å². The van der Waals surface area contributed by atoms with E-state index in [2.05, 4.69) is 20.6 Å². The zero-order valence-electron chi connectivity index (χ0n) is 15.8. The van der Waals surface area contributed by atoms with E-state index in [9.17, 15) is 4.79 Å². The normalized spacial score (nSPS) is 11.6. The molecule has 10 heteroatoms. The molecule has 0 saturated heterocycles. The van der Waals surface area contributed by atoms with Gasteiger partial charge in [0.05, 0.1) is 19.9 Å². The number of fused-ring (bicyclic) bond motifs is 1. The standard InChI is InChI=1S/C17H23N7O3/c1-17(2,3)20-16(25)27-10-12-7-19-23(9-12)8-11-5-13-21-22-15(18)24(13)14(6-11)26-4/h5-7,9H,8,10H2,1-4H3,(H2,18,22)(H,20,25). The van der Waals surface area contributed by atoms with E-state index in [0.717, 1.165) is 11.1 Å². The maximum Gasteiger partial charge on any atom is 0.407 e. The second-order valence-corrected chi connectivity index (χ2v) is 7.16. The van der Waals surface area contributed by atoms with Crippen molar-refractivity contribution in [2.45, 2.75) is 39.5 Å². The number of ether oxygens (including phenoxy) is 2. The lowest BCUT2D eigenvalue weighted by Crippen LogP contribution is -2.40. The molecule has 0 aliphatic carbocycles. The molecule has 0 bridgehead atoms. The number of nitrogens with zero attached hydrogens (tertiary/aromatic N) is 5. The minimum atomic E-state index is -0.463. The molecule has 27 heavy (non-hydrogen) atoms. The summed E-state index contributed by atoms with van der Waals surface area (Å²) in [6.45, 7) is 6.31. The largest absolute Gasteiger partial charge is 0.482 e. The van der Waals surface area contributed by atoms with Gasteiger partial charge in [-0.25, -0.2) is 9.20 Å². The summed E-state index contributed by atoms with van der Waals surface area (Å²) in [5, 5.41) is 14.9. The summed E-state index contributed by atoms with van der Waals surface area (Å²) in [6.07, 6.45) is 3.02. The third-order valence-electron chi connectivity index (χ3n) is 3.64. The highest BCUT2D eigenvalue weighted by atomic mass is 16.5. The minimum absolute atomic E-state index is 0.144. The lowest BCUT2D eigenvalue weighted by atomic mass is 10.1. The fourth-order valence-corrected chi connectivity index (χ4v) is 2.55. The minimum Gasteiger partial charge on any atom is -0.482 e. The van der Waals surface area contributed by atoms with E-state index in [4.69, 9.17) is 15.2 Å². The van der Waals surface area contributed by atoms with E-state index >= 15 is 0 Å². The van der Waals surface area contributed by atoms with Crippen molar-refractivity contribution in [3.63, 3.8) is 0 Å². The van der Waals surface area contributed by atoms with Gasteiger partial charge in [-0.15, -0.1) is 10.2 Å². The van der Waals surface area contributed by atoms with Gasteiger partial charge in [0.15, 0.2) is 5.65 Å². The predicted octanol–water partition coefficient (Wildman–Crippen LogP) is 1.59. The molecule has 0 atom stereocenters. The highest BCUT2D eigenvalue weighted by Gasteiger charge is 2.15. The van der Waals surface area contributed by atoms with Crippen LogP contribution in [0.3, 0.4) is 0 Å². The summed E-state index contributed by atoms with van der Waals surface area (Å²) in [5.74, 6) is 0.806. The van der Waals surface area contributed by atoms with E-state index in [0.29, 0.717) is 18.1 Å². The number of methoxy groups -OCH3 is 1. The molecule has 0 spiro atoms. The zero-order chi connectivity index (χ0) is 19.6. The Labute approximate surface area is 156 Å². The van der Waals surface area contributed by atoms with Crippen LogP contribution in [0.25, 0.3) is 5.65 Å². The number of alkyl carbamates (subject to hydrolysis) is 1. The van der Waals surface area contributed by atoms with Gasteiger partial charge >= 0.3 is 6.09 Å². The van der Waals surface area contributed by atoms with Gasteiger partial charge in [-0.05, 0) is 32.4 Å². The molecule has 0 unspecified atom stereocenters. The smallest absolute Gasteiger partial charge is 0.407 e. The number of carbonyl (C=O) groups excluding carboxylic acids is 1. The molecule has 0 saturated carbocycles. The molecule has 3 aromatic rings. The first-order valence-corrected chi connectivity index (χ1v) is 8.39. The predicted molar refractivity (Wildman–Crippen MR) is 98.4 cm³/mol. The summed E-state index contributed by atoms with van der Waals surface area (Å²) < 4.78 is 13.9. The molecular weight excluding hydrogens is 350 g/mol. The Kier molecular flexibility index (Phi) is 4.89. The van der Waals surface area contributed by atoms with Crippen LogP contribution in [0.2, 0.25) is 0 Å². The van der Waals surface area contributed by atoms with Gasteiger partial charge in [-0.3, -0.25) is 4.68 Å². The van der Waals surface area contributed by atoms with Gasteiger partial charge in [0, 0.05) is 23.4 Å². The van der Waals surface area contributed by atoms with Gasteiger partial charge in [-0.2, -0.15) is 5.10 Å². The number of nitrogen functional groups attached to an aromatic ring is 1. The van der Waals surface area contributed by atoms with Crippen LogP contribution in [0.1, 0.15) is 31.9 Å². The molecule has 3 heterocycles. The van der Waals surface area contributed by atoms with Crippen molar-refractivity contribution in [3.05, 3.63) is 35.7 Å². The van der Waals surface area contributed by atoms with Crippen LogP contribution in [-0.4, -0.2) is 43.1 Å². The Hall–Kier alpha value is -3.30. The maximum absolute atomic E-state index is 11.7. The number of hydrogen-bond donors (Lipinski definition) is 2. The monoisotopic (exact) mass is 373 g/mol. The van der Waals surface area contributed by atoms with Crippen LogP contribution in [0.4, 0.5) is 10.7 Å². The summed E-state index contributed by atoms with van der Waals surface area (Å²) in [6, 6.07) is 3.71. The molecule has 3 aromatic heterocycles. The van der Waals surface area contributed by atoms with E-state index in [1.165, 1.54) is 0 Å². The number of nitrogens with two attached hydrogens (primary N) is 1. The Balaban J connectivity index is 1.67. The highest BCUT2D eigenvalue weighted by Crippen LogP contribution is 2.20. The van der Waals surface area contributed by atoms with Gasteiger partial charge < -0.3 is 20.5 Å². The maximum atomic E-state index is 11.7. The Morgan fingerprint density at radius 1 is 1.26 bits per heavy atom. The molecule has 1 amide bonds. The van der Waals surface area contributed by atoms with Gasteiger partial charge in [-0.1, -0.05) is 0 Å². The van der Waals surface area contributed by atoms with E-state index in [1.54, 1.807) is 22.4 Å². The fourth-order valence-electron chi connectivity index (χ4n) is 2.55. The molecule has 10 nitrogen and oxygen atoms in total. The van der Waals surface area contributed by atoms with Gasteiger partial charge in [0.2, 0.25) is 11.8 Å². The van der Waals surface area contributed by atoms with Crippen LogP contribution < -0.4 is 15.8 Å². The zero-order valence-corrected chi connectivity index (χ0v) is 15.8. The molecular formula is C17H23N7O3. The van der Waals surface area contributed by atoms with E-state index < -0.39 is 6.09 Å². The summed E-state index contributed by atoms with van der Waals surface area (Å²) in [7, 11) is 1.56. The van der Waals surface area contributed by atoms with Crippen LogP contribution in [0, 0.1) is 0 Å². The van der Waals surface area contributed by atoms with Crippen molar-refractivity contribution in [1.29, 1.82) is 0 Å². The van der Waals surface area contributed by atoms with Crippen LogP contribution >= 0.6 is 0 Å². The SMILES string of the molecule is COc1cc(Cn2cc(COC(=O)NC(C)(C)C)cn2)cc2nnc(N)n12. The summed E-state index contributed by atoms with van der Waals surface area (Å²) in [5.41, 5.74) is 7.76. The molecule has 0 aromatic carbocycles. The Morgan fingerprint density at radius 3 is 2.74 bits per heavy atom. The number of anilines is 1. The van der Waals surface area contributed by atoms with Crippen LogP contribution in [-0.2, 0) is 17.9 Å². The van der Waals surface area contributed by atoms with Crippen molar-refractivity contribution in [2.75, 3.05) is 12.8 Å². The third-order valence-corrected chi connectivity index (χ3v) is 3.64. The average Bonchev–Trinajstić information content (AvgIpc) is 3.18. The number of hydrogen-bond acceptors (Lipinski definition) is 7. The second-order valence-electron chi connectivity index (χ2n) is 7.16. The molecule has 3 N–H and O–H groups in total. The molecule has 3 rings (SSSR count). The lowest BCUT2D eigenvalue weighted by Gasteiger charge is -2.19. The number of amides is 1. The van der Waals surface area contributed by atoms with E-state index in [1.807, 2.05) is 39.1 Å². The number of aromatic nitrogens is 5. The van der Waals surface area contributed by atoms with Gasteiger partial charge in [0.25, 0.3) is 0 Å². The van der Waals surface area contributed by atoms with Crippen LogP contribution in [0.5, 0.6) is 5.88 Å². The summed E-state index contributed by atoms with van der Waals surface area (Å²) in [4.78, 5) is 11.7. The van der Waals surface area contributed by atoms with Crippen molar-refractivity contribution in [2.24, 2.45) is 0 Å². The Morgan fingerprint density at radius 2 is 2.04 bits per heavy atom. The molecule has 144 valence electrons. The number of pyridine rings is 1. The van der Waals surface area contributed by atoms with Gasteiger partial charge in [0.1, 0.15) is 6.61 Å². The number of nitrogens with one attached hydrogen (secondary N) is 1. The molecule has 0 radical (unpaired) electrons. The topological polar surface area (TPSA) is 122 Å². The highest BCUT2D eigenvalue weighted by molar-refractivity contribution is 5.68. The Bertz CT molecular complexity index is 955. The quantitative estimate of drug-likeness (QED) is 0.696. The van der Waals surface area contributed by atoms with Crippen molar-refractivity contribution in [1.82, 2.24) is 29.7 Å². The number of carbonyl (C=O) groups is 1. The average molecular weight is 373 g/mol. The fraction of sp³-hybridized carbons (Fsp3) is 0.412. The second kappa shape index (κ2) is 7.14. The third kappa shape index (κ3) is 4.46. The van der Waals surface area contributed by atoms with E-state index in [-0.39, 0.29) is 18.1 Å². The first-order chi connectivity index (χ1) is 12.7. The summed E-state index contributed by atoms with van der Waals surface area (Å²) >= 11 is 0. The van der Waals surface area contributed by atoms with Crippen molar-refractivity contribution < 1.29 is 14.3 Å². The molecule has 0 aliphatic heterocycles. The lowest BCUT2D eigenvalue weighted by molar-refractivity contribution is 0.131. The van der Waals surface area contributed by atoms with Crippen molar-refractivity contribution in [3.8, 4) is 5.88 Å².